The second-order valence-electron chi connectivity index (χ2n) is 7.45. The van der Waals surface area contributed by atoms with Crippen LogP contribution >= 0.6 is 27.7 Å². The van der Waals surface area contributed by atoms with Crippen molar-refractivity contribution >= 4 is 39.8 Å². The lowest BCUT2D eigenvalue weighted by atomic mass is 10.2. The minimum Gasteiger partial charge on any atom is -0.497 e. The molecule has 3 aromatic carbocycles. The Hall–Kier alpha value is -3.50. The van der Waals surface area contributed by atoms with Crippen molar-refractivity contribution < 1.29 is 13.9 Å². The van der Waals surface area contributed by atoms with E-state index in [0.717, 1.165) is 22.6 Å². The number of hydrogen-bond acceptors (Lipinski definition) is 6. The first-order chi connectivity index (χ1) is 16.9. The summed E-state index contributed by atoms with van der Waals surface area (Å²) in [5.41, 5.74) is 5.54. The van der Waals surface area contributed by atoms with Gasteiger partial charge in [0.15, 0.2) is 11.0 Å². The van der Waals surface area contributed by atoms with E-state index in [4.69, 9.17) is 4.74 Å². The van der Waals surface area contributed by atoms with Crippen LogP contribution in [0, 0.1) is 12.7 Å². The fourth-order valence-corrected chi connectivity index (χ4v) is 4.29. The largest absolute Gasteiger partial charge is 0.497 e. The van der Waals surface area contributed by atoms with Crippen LogP contribution in [-0.2, 0) is 4.79 Å². The molecule has 0 radical (unpaired) electrons. The number of nitrogens with one attached hydrogen (secondary N) is 1. The number of amides is 1. The summed E-state index contributed by atoms with van der Waals surface area (Å²) < 4.78 is 21.7. The van der Waals surface area contributed by atoms with E-state index in [1.165, 1.54) is 24.0 Å². The Morgan fingerprint density at radius 3 is 2.60 bits per heavy atom. The number of hydrazone groups is 1. The molecule has 4 aromatic rings. The van der Waals surface area contributed by atoms with E-state index in [1.807, 2.05) is 60.0 Å². The topological polar surface area (TPSA) is 81.4 Å². The Morgan fingerprint density at radius 2 is 1.89 bits per heavy atom. The van der Waals surface area contributed by atoms with Crippen LogP contribution in [0.25, 0.3) is 17.1 Å². The van der Waals surface area contributed by atoms with Crippen molar-refractivity contribution in [1.29, 1.82) is 0 Å². The predicted octanol–water partition coefficient (Wildman–Crippen LogP) is 5.40. The van der Waals surface area contributed by atoms with Crippen molar-refractivity contribution in [2.24, 2.45) is 5.10 Å². The molecule has 0 aliphatic heterocycles. The zero-order chi connectivity index (χ0) is 24.8. The number of benzene rings is 3. The number of halogens is 2. The lowest BCUT2D eigenvalue weighted by Crippen LogP contribution is -2.20. The SMILES string of the molecule is COc1ccc(-c2nnc(SCC(=O)N/N=C/c3cc(Br)ccc3F)n2-c2ccc(C)cc2)cc1. The highest BCUT2D eigenvalue weighted by Crippen LogP contribution is 2.29. The summed E-state index contributed by atoms with van der Waals surface area (Å²) >= 11 is 4.51. The van der Waals surface area contributed by atoms with Gasteiger partial charge in [-0.2, -0.15) is 5.10 Å². The van der Waals surface area contributed by atoms with Gasteiger partial charge in [-0.3, -0.25) is 9.36 Å². The van der Waals surface area contributed by atoms with Crippen LogP contribution in [0.3, 0.4) is 0 Å². The Morgan fingerprint density at radius 1 is 1.14 bits per heavy atom. The average molecular weight is 554 g/mol. The van der Waals surface area contributed by atoms with Gasteiger partial charge in [0.25, 0.3) is 5.91 Å². The summed E-state index contributed by atoms with van der Waals surface area (Å²) in [4.78, 5) is 12.4. The maximum Gasteiger partial charge on any atom is 0.250 e. The van der Waals surface area contributed by atoms with Crippen LogP contribution in [0.5, 0.6) is 5.75 Å². The van der Waals surface area contributed by atoms with Gasteiger partial charge in [-0.15, -0.1) is 10.2 Å². The van der Waals surface area contributed by atoms with Crippen LogP contribution in [-0.4, -0.2) is 39.7 Å². The summed E-state index contributed by atoms with van der Waals surface area (Å²) in [6.45, 7) is 2.01. The number of ether oxygens (including phenoxy) is 1. The van der Waals surface area contributed by atoms with Crippen molar-refractivity contribution in [3.05, 3.63) is 88.1 Å². The molecular formula is C25H21BrFN5O2S. The third-order valence-electron chi connectivity index (χ3n) is 4.96. The molecule has 0 atom stereocenters. The molecule has 0 fully saturated rings. The van der Waals surface area contributed by atoms with Crippen molar-refractivity contribution in [3.8, 4) is 22.8 Å². The molecule has 0 saturated carbocycles. The van der Waals surface area contributed by atoms with E-state index in [1.54, 1.807) is 19.2 Å². The number of thioether (sulfide) groups is 1. The van der Waals surface area contributed by atoms with Crippen LogP contribution in [0.2, 0.25) is 0 Å². The number of aromatic nitrogens is 3. The Bertz CT molecular complexity index is 1360. The second-order valence-corrected chi connectivity index (χ2v) is 9.31. The van der Waals surface area contributed by atoms with Gasteiger partial charge in [-0.05, 0) is 61.5 Å². The molecule has 35 heavy (non-hydrogen) atoms. The van der Waals surface area contributed by atoms with Gasteiger partial charge in [-0.25, -0.2) is 9.82 Å². The number of hydrogen-bond donors (Lipinski definition) is 1. The summed E-state index contributed by atoms with van der Waals surface area (Å²) in [5, 5.41) is 13.1. The lowest BCUT2D eigenvalue weighted by molar-refractivity contribution is -0.118. The summed E-state index contributed by atoms with van der Waals surface area (Å²) in [7, 11) is 1.61. The van der Waals surface area contributed by atoms with E-state index < -0.39 is 5.82 Å². The Kier molecular flexibility index (Phi) is 7.94. The highest BCUT2D eigenvalue weighted by molar-refractivity contribution is 9.10. The second kappa shape index (κ2) is 11.3. The van der Waals surface area contributed by atoms with E-state index >= 15 is 0 Å². The standard InChI is InChI=1S/C25H21BrFN5O2S/c1-16-3-8-20(9-4-16)32-24(17-5-10-21(34-2)11-6-17)30-31-25(32)35-15-23(33)29-28-14-18-13-19(26)7-12-22(18)27/h3-14H,15H2,1-2H3,(H,29,33)/b28-14+. The molecule has 4 rings (SSSR count). The molecule has 0 aliphatic carbocycles. The van der Waals surface area contributed by atoms with Gasteiger partial charge >= 0.3 is 0 Å². The molecule has 0 saturated heterocycles. The molecule has 0 aliphatic rings. The number of carbonyl (C=O) groups is 1. The average Bonchev–Trinajstić information content (AvgIpc) is 3.29. The number of aryl methyl sites for hydroxylation is 1. The molecule has 1 N–H and O–H groups in total. The molecular weight excluding hydrogens is 533 g/mol. The number of methoxy groups -OCH3 is 1. The van der Waals surface area contributed by atoms with Crippen molar-refractivity contribution in [2.45, 2.75) is 12.1 Å². The predicted molar refractivity (Wildman–Crippen MR) is 139 cm³/mol. The van der Waals surface area contributed by atoms with E-state index in [9.17, 15) is 9.18 Å². The number of carbonyl (C=O) groups excluding carboxylic acids is 1. The van der Waals surface area contributed by atoms with Gasteiger partial charge in [0, 0.05) is 21.3 Å². The number of nitrogens with zero attached hydrogens (tertiary/aromatic N) is 4. The fourth-order valence-electron chi connectivity index (χ4n) is 3.17. The molecule has 1 heterocycles. The van der Waals surface area contributed by atoms with E-state index in [-0.39, 0.29) is 17.2 Å². The zero-order valence-corrected chi connectivity index (χ0v) is 21.3. The summed E-state index contributed by atoms with van der Waals surface area (Å²) in [6.07, 6.45) is 1.26. The first-order valence-corrected chi connectivity index (χ1v) is 12.3. The minimum absolute atomic E-state index is 0.0465. The van der Waals surface area contributed by atoms with Gasteiger partial charge < -0.3 is 4.74 Å². The van der Waals surface area contributed by atoms with Crippen LogP contribution in [0.4, 0.5) is 4.39 Å². The van der Waals surface area contributed by atoms with Crippen LogP contribution < -0.4 is 10.2 Å². The van der Waals surface area contributed by atoms with Gasteiger partial charge in [0.1, 0.15) is 11.6 Å². The molecule has 1 amide bonds. The van der Waals surface area contributed by atoms with E-state index in [2.05, 4.69) is 36.7 Å². The van der Waals surface area contributed by atoms with Crippen molar-refractivity contribution in [1.82, 2.24) is 20.2 Å². The molecule has 1 aromatic heterocycles. The van der Waals surface area contributed by atoms with Crippen LogP contribution in [0.1, 0.15) is 11.1 Å². The Labute approximate surface area is 214 Å². The molecule has 0 unspecified atom stereocenters. The summed E-state index contributed by atoms with van der Waals surface area (Å²) in [6, 6.07) is 20.0. The number of rotatable bonds is 8. The van der Waals surface area contributed by atoms with E-state index in [0.29, 0.717) is 15.5 Å². The fraction of sp³-hybridized carbons (Fsp3) is 0.120. The smallest absolute Gasteiger partial charge is 0.250 e. The highest BCUT2D eigenvalue weighted by atomic mass is 79.9. The molecule has 178 valence electrons. The zero-order valence-electron chi connectivity index (χ0n) is 18.9. The third kappa shape index (κ3) is 6.14. The first kappa shape index (κ1) is 24.6. The van der Waals surface area contributed by atoms with Crippen molar-refractivity contribution in [2.75, 3.05) is 12.9 Å². The monoisotopic (exact) mass is 553 g/mol. The molecule has 0 spiro atoms. The molecule has 0 bridgehead atoms. The van der Waals surface area contributed by atoms with Crippen LogP contribution in [0.15, 0.2) is 81.5 Å². The molecule has 10 heteroatoms. The van der Waals surface area contributed by atoms with Gasteiger partial charge in [0.05, 0.1) is 19.1 Å². The maximum absolute atomic E-state index is 13.8. The Balaban J connectivity index is 1.52. The maximum atomic E-state index is 13.8. The normalized spacial score (nSPS) is 11.1. The lowest BCUT2D eigenvalue weighted by Gasteiger charge is -2.11. The third-order valence-corrected chi connectivity index (χ3v) is 6.38. The molecule has 7 nitrogen and oxygen atoms in total. The van der Waals surface area contributed by atoms with Crippen molar-refractivity contribution in [3.63, 3.8) is 0 Å². The highest BCUT2D eigenvalue weighted by Gasteiger charge is 2.17. The first-order valence-electron chi connectivity index (χ1n) is 10.5. The quantitative estimate of drug-likeness (QED) is 0.179. The van der Waals surface area contributed by atoms with Gasteiger partial charge in [-0.1, -0.05) is 45.4 Å². The van der Waals surface area contributed by atoms with Gasteiger partial charge in [0.2, 0.25) is 0 Å². The minimum atomic E-state index is -0.433. The summed E-state index contributed by atoms with van der Waals surface area (Å²) in [5.74, 6) is 0.640.